The number of hydrogen-bond acceptors (Lipinski definition) is 2. The van der Waals surface area contributed by atoms with E-state index < -0.39 is 6.10 Å². The van der Waals surface area contributed by atoms with E-state index in [1.54, 1.807) is 0 Å². The molecule has 2 heteroatoms. The molecule has 0 saturated heterocycles. The molecule has 1 atom stereocenters. The molecule has 0 bridgehead atoms. The molecule has 1 radical (unpaired) electrons. The Morgan fingerprint density at radius 2 is 2.08 bits per heavy atom. The van der Waals surface area contributed by atoms with Gasteiger partial charge in [-0.2, -0.15) is 0 Å². The Labute approximate surface area is 72.2 Å². The number of ether oxygens (including phenoxy) is 1. The van der Waals surface area contributed by atoms with E-state index in [1.165, 1.54) is 7.11 Å². The van der Waals surface area contributed by atoms with E-state index in [0.29, 0.717) is 0 Å². The molecule has 0 aliphatic heterocycles. The minimum absolute atomic E-state index is 0.550. The van der Waals surface area contributed by atoms with Gasteiger partial charge in [-0.3, -0.25) is 4.79 Å². The molecular formula is C10H11O2. The number of rotatable bonds is 3. The van der Waals surface area contributed by atoms with Crippen LogP contribution in [0.5, 0.6) is 0 Å². The van der Waals surface area contributed by atoms with Gasteiger partial charge >= 0.3 is 0 Å². The van der Waals surface area contributed by atoms with Crippen molar-refractivity contribution in [1.29, 1.82) is 0 Å². The van der Waals surface area contributed by atoms with Gasteiger partial charge in [0.05, 0.1) is 0 Å². The second kappa shape index (κ2) is 4.02. The van der Waals surface area contributed by atoms with Crippen molar-refractivity contribution >= 4 is 6.29 Å². The first-order valence-electron chi connectivity index (χ1n) is 3.75. The van der Waals surface area contributed by atoms with Crippen LogP contribution in [0.15, 0.2) is 24.3 Å². The summed E-state index contributed by atoms with van der Waals surface area (Å²) in [6, 6.07) is 7.62. The number of carbonyl (C=O) groups excluding carboxylic acids is 1. The summed E-state index contributed by atoms with van der Waals surface area (Å²) in [7, 11) is 1.50. The maximum Gasteiger partial charge on any atom is 0.234 e. The maximum atomic E-state index is 10.4. The lowest BCUT2D eigenvalue weighted by molar-refractivity contribution is 0.153. The van der Waals surface area contributed by atoms with Gasteiger partial charge in [-0.15, -0.1) is 0 Å². The smallest absolute Gasteiger partial charge is 0.234 e. The summed E-state index contributed by atoms with van der Waals surface area (Å²) in [6.07, 6.45) is 1.29. The van der Waals surface area contributed by atoms with Gasteiger partial charge in [0.25, 0.3) is 0 Å². The van der Waals surface area contributed by atoms with Crippen LogP contribution in [0.25, 0.3) is 0 Å². The molecule has 1 rings (SSSR count). The van der Waals surface area contributed by atoms with Crippen LogP contribution in [0.1, 0.15) is 17.2 Å². The normalized spacial score (nSPS) is 12.5. The predicted molar refractivity (Wildman–Crippen MR) is 46.6 cm³/mol. The fraction of sp³-hybridized carbons (Fsp3) is 0.300. The lowest BCUT2D eigenvalue weighted by Crippen LogP contribution is -2.03. The average molecular weight is 163 g/mol. The zero-order valence-electron chi connectivity index (χ0n) is 7.20. The molecule has 1 aromatic rings. The summed E-state index contributed by atoms with van der Waals surface area (Å²) in [5.41, 5.74) is 1.93. The third-order valence-electron chi connectivity index (χ3n) is 1.81. The van der Waals surface area contributed by atoms with Crippen LogP contribution in [0.3, 0.4) is 0 Å². The number of hydrogen-bond donors (Lipinski definition) is 0. The highest BCUT2D eigenvalue weighted by Crippen LogP contribution is 2.17. The van der Waals surface area contributed by atoms with Gasteiger partial charge in [-0.1, -0.05) is 24.3 Å². The molecule has 0 N–H and O–H groups in total. The van der Waals surface area contributed by atoms with Crippen molar-refractivity contribution in [2.75, 3.05) is 7.11 Å². The molecule has 0 fully saturated rings. The van der Waals surface area contributed by atoms with Crippen molar-refractivity contribution in [3.63, 3.8) is 0 Å². The third-order valence-corrected chi connectivity index (χ3v) is 1.81. The molecule has 63 valence electrons. The first-order chi connectivity index (χ1) is 5.79. The number of benzene rings is 1. The molecular weight excluding hydrogens is 152 g/mol. The first kappa shape index (κ1) is 8.94. The third kappa shape index (κ3) is 1.71. The highest BCUT2D eigenvalue weighted by Gasteiger charge is 2.11. The van der Waals surface area contributed by atoms with E-state index in [-0.39, 0.29) is 0 Å². The Balaban J connectivity index is 3.00. The predicted octanol–water partition coefficient (Wildman–Crippen LogP) is 1.79. The zero-order chi connectivity index (χ0) is 8.97. The molecule has 0 spiro atoms. The van der Waals surface area contributed by atoms with Crippen LogP contribution >= 0.6 is 0 Å². The SMILES string of the molecule is COC([C]=O)c1ccccc1C. The molecule has 1 unspecified atom stereocenters. The Morgan fingerprint density at radius 1 is 1.42 bits per heavy atom. The highest BCUT2D eigenvalue weighted by atomic mass is 16.5. The van der Waals surface area contributed by atoms with E-state index >= 15 is 0 Å². The minimum atomic E-state index is -0.550. The van der Waals surface area contributed by atoms with Gasteiger partial charge in [0.2, 0.25) is 6.29 Å². The zero-order valence-corrected chi connectivity index (χ0v) is 7.20. The standard InChI is InChI=1S/C10H11O2/c1-8-5-3-4-6-9(8)10(7-11)12-2/h3-6,10H,1-2H3. The fourth-order valence-electron chi connectivity index (χ4n) is 1.12. The monoisotopic (exact) mass is 163 g/mol. The molecule has 0 heterocycles. The van der Waals surface area contributed by atoms with Gasteiger partial charge < -0.3 is 4.74 Å². The van der Waals surface area contributed by atoms with E-state index in [2.05, 4.69) is 0 Å². The minimum Gasteiger partial charge on any atom is -0.368 e. The Hall–Kier alpha value is -1.15. The molecule has 0 aromatic heterocycles. The van der Waals surface area contributed by atoms with Crippen LogP contribution in [-0.2, 0) is 9.53 Å². The largest absolute Gasteiger partial charge is 0.368 e. The molecule has 1 aromatic carbocycles. The molecule has 0 amide bonds. The summed E-state index contributed by atoms with van der Waals surface area (Å²) in [6.45, 7) is 1.94. The Bertz CT molecular complexity index is 268. The molecule has 12 heavy (non-hydrogen) atoms. The second-order valence-corrected chi connectivity index (χ2v) is 2.59. The van der Waals surface area contributed by atoms with Crippen molar-refractivity contribution in [3.8, 4) is 0 Å². The van der Waals surface area contributed by atoms with Crippen LogP contribution in [0, 0.1) is 6.92 Å². The topological polar surface area (TPSA) is 26.3 Å². The summed E-state index contributed by atoms with van der Waals surface area (Å²) < 4.78 is 4.94. The van der Waals surface area contributed by atoms with Crippen molar-refractivity contribution < 1.29 is 9.53 Å². The van der Waals surface area contributed by atoms with Crippen LogP contribution < -0.4 is 0 Å². The summed E-state index contributed by atoms with van der Waals surface area (Å²) in [5, 5.41) is 0. The van der Waals surface area contributed by atoms with Crippen molar-refractivity contribution in [1.82, 2.24) is 0 Å². The maximum absolute atomic E-state index is 10.4. The Morgan fingerprint density at radius 3 is 2.58 bits per heavy atom. The van der Waals surface area contributed by atoms with Gasteiger partial charge in [-0.25, -0.2) is 0 Å². The van der Waals surface area contributed by atoms with Crippen molar-refractivity contribution in [3.05, 3.63) is 35.4 Å². The number of aryl methyl sites for hydroxylation is 1. The summed E-state index contributed by atoms with van der Waals surface area (Å²) in [5.74, 6) is 0. The highest BCUT2D eigenvalue weighted by molar-refractivity contribution is 5.61. The molecule has 0 aliphatic rings. The van der Waals surface area contributed by atoms with Crippen LogP contribution in [0.2, 0.25) is 0 Å². The van der Waals surface area contributed by atoms with E-state index in [9.17, 15) is 4.79 Å². The van der Waals surface area contributed by atoms with Gasteiger partial charge in [0.15, 0.2) is 0 Å². The molecule has 0 aliphatic carbocycles. The van der Waals surface area contributed by atoms with Gasteiger partial charge in [-0.05, 0) is 18.1 Å². The lowest BCUT2D eigenvalue weighted by Gasteiger charge is -2.09. The van der Waals surface area contributed by atoms with Crippen molar-refractivity contribution in [2.24, 2.45) is 0 Å². The van der Waals surface area contributed by atoms with E-state index in [4.69, 9.17) is 4.74 Å². The van der Waals surface area contributed by atoms with E-state index in [1.807, 2.05) is 37.5 Å². The van der Waals surface area contributed by atoms with Gasteiger partial charge in [0.1, 0.15) is 6.10 Å². The van der Waals surface area contributed by atoms with E-state index in [0.717, 1.165) is 11.1 Å². The number of methoxy groups -OCH3 is 1. The molecule has 2 nitrogen and oxygen atoms in total. The second-order valence-electron chi connectivity index (χ2n) is 2.59. The average Bonchev–Trinajstić information content (AvgIpc) is 2.10. The summed E-state index contributed by atoms with van der Waals surface area (Å²) >= 11 is 0. The lowest BCUT2D eigenvalue weighted by atomic mass is 10.0. The Kier molecular flexibility index (Phi) is 3.00. The first-order valence-corrected chi connectivity index (χ1v) is 3.75. The van der Waals surface area contributed by atoms with Crippen molar-refractivity contribution in [2.45, 2.75) is 13.0 Å². The van der Waals surface area contributed by atoms with Crippen LogP contribution in [0.4, 0.5) is 0 Å². The van der Waals surface area contributed by atoms with Gasteiger partial charge in [0, 0.05) is 7.11 Å². The quantitative estimate of drug-likeness (QED) is 0.679. The molecule has 0 saturated carbocycles. The fourth-order valence-corrected chi connectivity index (χ4v) is 1.12. The van der Waals surface area contributed by atoms with Crippen LogP contribution in [-0.4, -0.2) is 13.4 Å². The summed E-state index contributed by atoms with van der Waals surface area (Å²) in [4.78, 5) is 10.4.